The van der Waals surface area contributed by atoms with E-state index >= 15 is 0 Å². The van der Waals surface area contributed by atoms with Gasteiger partial charge in [0.25, 0.3) is 5.91 Å². The van der Waals surface area contributed by atoms with Crippen LogP contribution in [-0.2, 0) is 12.2 Å². The van der Waals surface area contributed by atoms with Crippen molar-refractivity contribution in [1.82, 2.24) is 24.6 Å². The van der Waals surface area contributed by atoms with E-state index in [0.29, 0.717) is 34.0 Å². The van der Waals surface area contributed by atoms with Gasteiger partial charge in [0.05, 0.1) is 21.5 Å². The van der Waals surface area contributed by atoms with E-state index in [1.165, 1.54) is 11.3 Å². The lowest BCUT2D eigenvalue weighted by Crippen LogP contribution is -2.37. The minimum absolute atomic E-state index is 0.0584. The maximum absolute atomic E-state index is 13.5. The van der Waals surface area contributed by atoms with Gasteiger partial charge in [-0.25, -0.2) is 4.98 Å². The summed E-state index contributed by atoms with van der Waals surface area (Å²) < 4.78 is 2.02. The van der Waals surface area contributed by atoms with Gasteiger partial charge in [0.2, 0.25) is 0 Å². The molecule has 1 aliphatic heterocycles. The van der Waals surface area contributed by atoms with Gasteiger partial charge in [-0.3, -0.25) is 9.36 Å². The predicted octanol–water partition coefficient (Wildman–Crippen LogP) is 7.95. The summed E-state index contributed by atoms with van der Waals surface area (Å²) in [4.78, 5) is 20.4. The zero-order valence-corrected chi connectivity index (χ0v) is 25.9. The van der Waals surface area contributed by atoms with Crippen LogP contribution < -0.4 is 0 Å². The molecule has 40 heavy (non-hydrogen) atoms. The van der Waals surface area contributed by atoms with E-state index in [-0.39, 0.29) is 16.7 Å². The van der Waals surface area contributed by atoms with Crippen molar-refractivity contribution in [2.45, 2.75) is 63.4 Å². The lowest BCUT2D eigenvalue weighted by Gasteiger charge is -2.39. The number of fused-ring (bicyclic) bond motifs is 2. The highest BCUT2D eigenvalue weighted by Gasteiger charge is 2.51. The van der Waals surface area contributed by atoms with Gasteiger partial charge >= 0.3 is 0 Å². The fraction of sp³-hybridized carbons (Fsp3) is 0.400. The van der Waals surface area contributed by atoms with Crippen molar-refractivity contribution in [3.05, 3.63) is 86.0 Å². The number of hydrogen-bond acceptors (Lipinski definition) is 6. The van der Waals surface area contributed by atoms with E-state index in [0.717, 1.165) is 53.0 Å². The van der Waals surface area contributed by atoms with Crippen LogP contribution in [0, 0.1) is 10.8 Å². The number of thioether (sulfide) groups is 1. The van der Waals surface area contributed by atoms with Gasteiger partial charge in [-0.05, 0) is 53.9 Å². The molecular formula is C30H31Cl2N5OS2. The van der Waals surface area contributed by atoms with Crippen LogP contribution in [0.1, 0.15) is 66.9 Å². The molecule has 0 N–H and O–H groups in total. The third-order valence-corrected chi connectivity index (χ3v) is 10.5. The highest BCUT2D eigenvalue weighted by atomic mass is 35.5. The van der Waals surface area contributed by atoms with Crippen LogP contribution >= 0.6 is 46.3 Å². The van der Waals surface area contributed by atoms with Crippen molar-refractivity contribution < 1.29 is 4.79 Å². The molecule has 2 fully saturated rings. The number of benzene rings is 2. The van der Waals surface area contributed by atoms with Crippen molar-refractivity contribution in [1.29, 1.82) is 0 Å². The van der Waals surface area contributed by atoms with Crippen LogP contribution in [0.25, 0.3) is 5.69 Å². The number of rotatable bonds is 7. The predicted molar refractivity (Wildman–Crippen MR) is 163 cm³/mol. The third kappa shape index (κ3) is 5.69. The fourth-order valence-corrected chi connectivity index (χ4v) is 8.67. The molecule has 2 bridgehead atoms. The van der Waals surface area contributed by atoms with Crippen molar-refractivity contribution in [3.63, 3.8) is 0 Å². The minimum Gasteiger partial charge on any atom is -0.334 e. The Bertz CT molecular complexity index is 1550. The smallest absolute Gasteiger partial charge is 0.273 e. The van der Waals surface area contributed by atoms with E-state index in [1.807, 2.05) is 40.3 Å². The second-order valence-electron chi connectivity index (χ2n) is 12.1. The van der Waals surface area contributed by atoms with Crippen LogP contribution in [0.3, 0.4) is 0 Å². The van der Waals surface area contributed by atoms with Gasteiger partial charge < -0.3 is 4.90 Å². The Morgan fingerprint density at radius 1 is 1.07 bits per heavy atom. The molecule has 1 saturated carbocycles. The average molecular weight is 613 g/mol. The fourth-order valence-electron chi connectivity index (χ4n) is 6.62. The molecule has 6 rings (SSSR count). The van der Waals surface area contributed by atoms with E-state index in [2.05, 4.69) is 48.0 Å². The number of carbonyl (C=O) groups is 1. The molecule has 2 aromatic heterocycles. The van der Waals surface area contributed by atoms with Gasteiger partial charge in [-0.2, -0.15) is 0 Å². The summed E-state index contributed by atoms with van der Waals surface area (Å²) in [7, 11) is 0. The summed E-state index contributed by atoms with van der Waals surface area (Å²) in [6, 6.07) is 16.0. The van der Waals surface area contributed by atoms with Gasteiger partial charge in [0.15, 0.2) is 5.16 Å². The first kappa shape index (κ1) is 27.8. The molecule has 2 atom stereocenters. The quantitative estimate of drug-likeness (QED) is 0.198. The third-order valence-electron chi connectivity index (χ3n) is 7.84. The Kier molecular flexibility index (Phi) is 7.49. The normalized spacial score (nSPS) is 21.6. The second-order valence-corrected chi connectivity index (χ2v) is 14.8. The zero-order valence-electron chi connectivity index (χ0n) is 22.7. The second kappa shape index (κ2) is 10.8. The van der Waals surface area contributed by atoms with Crippen LogP contribution in [0.5, 0.6) is 0 Å². The Balaban J connectivity index is 1.21. The Labute approximate surface area is 253 Å². The number of aromatic nitrogens is 4. The highest BCUT2D eigenvalue weighted by Crippen LogP contribution is 2.52. The van der Waals surface area contributed by atoms with Crippen LogP contribution in [0.4, 0.5) is 0 Å². The van der Waals surface area contributed by atoms with Gasteiger partial charge in [0.1, 0.15) is 16.5 Å². The van der Waals surface area contributed by atoms with E-state index in [9.17, 15) is 4.79 Å². The monoisotopic (exact) mass is 611 g/mol. The first-order chi connectivity index (χ1) is 19.1. The van der Waals surface area contributed by atoms with Gasteiger partial charge in [0, 0.05) is 24.4 Å². The number of halogens is 2. The number of nitrogens with zero attached hydrogens (tertiary/aromatic N) is 5. The number of likely N-dealkylation sites (tertiary alicyclic amines) is 1. The Morgan fingerprint density at radius 2 is 1.88 bits per heavy atom. The molecule has 2 aliphatic rings. The first-order valence-electron chi connectivity index (χ1n) is 13.4. The molecular weight excluding hydrogens is 581 g/mol. The van der Waals surface area contributed by atoms with Crippen molar-refractivity contribution >= 4 is 52.2 Å². The van der Waals surface area contributed by atoms with E-state index < -0.39 is 0 Å². The summed E-state index contributed by atoms with van der Waals surface area (Å²) in [6.45, 7) is 7.79. The zero-order chi connectivity index (χ0) is 28.1. The Morgan fingerprint density at radius 3 is 2.65 bits per heavy atom. The number of carbonyl (C=O) groups excluding carboxylic acids is 1. The molecule has 10 heteroatoms. The molecule has 3 heterocycles. The minimum atomic E-state index is 0.0584. The van der Waals surface area contributed by atoms with Crippen LogP contribution in [-0.4, -0.2) is 43.1 Å². The maximum atomic E-state index is 13.5. The molecule has 208 valence electrons. The summed E-state index contributed by atoms with van der Waals surface area (Å²) in [5.41, 5.74) is 2.99. The lowest BCUT2D eigenvalue weighted by atomic mass is 9.65. The largest absolute Gasteiger partial charge is 0.334 e. The summed E-state index contributed by atoms with van der Waals surface area (Å²) in [5, 5.41) is 13.5. The van der Waals surface area contributed by atoms with Gasteiger partial charge in [-0.15, -0.1) is 21.5 Å². The summed E-state index contributed by atoms with van der Waals surface area (Å²) in [5.74, 6) is 1.44. The SMILES string of the molecule is CC1(C)CC2CC(C)(CN2C(=O)c2csc(CSc3nnc(Cc4ccccc4)n3-c3ccc(Cl)c(Cl)c3)n2)C1. The van der Waals surface area contributed by atoms with Crippen molar-refractivity contribution in [2.24, 2.45) is 10.8 Å². The summed E-state index contributed by atoms with van der Waals surface area (Å²) >= 11 is 15.6. The number of hydrogen-bond donors (Lipinski definition) is 0. The molecule has 1 amide bonds. The molecule has 0 spiro atoms. The first-order valence-corrected chi connectivity index (χ1v) is 16.0. The molecule has 1 saturated heterocycles. The molecule has 2 aromatic carbocycles. The number of thiazole rings is 1. The van der Waals surface area contributed by atoms with Crippen molar-refractivity contribution in [2.75, 3.05) is 6.54 Å². The molecule has 1 aliphatic carbocycles. The standard InChI is InChI=1S/C30H31Cl2N5OS2/c1-29(2)13-21-14-30(3,17-29)18-36(21)27(38)24-15-39-26(33-24)16-40-28-35-34-25(11-19-7-5-4-6-8-19)37(28)20-9-10-22(31)23(32)12-20/h4-10,12,15,21H,11,13-14,16-18H2,1-3H3. The van der Waals surface area contributed by atoms with E-state index in [4.69, 9.17) is 28.2 Å². The highest BCUT2D eigenvalue weighted by molar-refractivity contribution is 7.98. The summed E-state index contributed by atoms with van der Waals surface area (Å²) in [6.07, 6.45) is 3.92. The molecule has 2 unspecified atom stereocenters. The Hall–Kier alpha value is -2.39. The number of amides is 1. The molecule has 4 aromatic rings. The molecule has 6 nitrogen and oxygen atoms in total. The topological polar surface area (TPSA) is 63.9 Å². The van der Waals surface area contributed by atoms with Crippen LogP contribution in [0.15, 0.2) is 59.1 Å². The van der Waals surface area contributed by atoms with E-state index in [1.54, 1.807) is 17.8 Å². The molecule has 0 radical (unpaired) electrons. The van der Waals surface area contributed by atoms with Crippen molar-refractivity contribution in [3.8, 4) is 5.69 Å². The van der Waals surface area contributed by atoms with Gasteiger partial charge in [-0.1, -0.05) is 86.1 Å². The average Bonchev–Trinajstić information content (AvgIpc) is 3.60. The lowest BCUT2D eigenvalue weighted by molar-refractivity contribution is 0.0703. The maximum Gasteiger partial charge on any atom is 0.273 e. The van der Waals surface area contributed by atoms with Crippen LogP contribution in [0.2, 0.25) is 10.0 Å².